The molecular formula is C13H15ClN2. The highest BCUT2D eigenvalue weighted by Gasteiger charge is 2.20. The molecule has 1 fully saturated rings. The van der Waals surface area contributed by atoms with Gasteiger partial charge >= 0.3 is 0 Å². The molecule has 0 spiro atoms. The maximum atomic E-state index is 5.83. The standard InChI is InChI=1S/C13H15ClN2/c14-8-9-5-6-11-12(7-9)16-13(15-11)10-3-1-2-4-10/h5-7,10H,1-4,8H2,(H,15,16). The van der Waals surface area contributed by atoms with Crippen LogP contribution < -0.4 is 0 Å². The zero-order valence-corrected chi connectivity index (χ0v) is 9.93. The molecule has 2 nitrogen and oxygen atoms in total. The number of fused-ring (bicyclic) bond motifs is 1. The lowest BCUT2D eigenvalue weighted by atomic mass is 10.1. The van der Waals surface area contributed by atoms with Gasteiger partial charge in [0.15, 0.2) is 0 Å². The summed E-state index contributed by atoms with van der Waals surface area (Å²) in [4.78, 5) is 8.11. The largest absolute Gasteiger partial charge is 0.342 e. The van der Waals surface area contributed by atoms with Crippen LogP contribution in [-0.2, 0) is 5.88 Å². The van der Waals surface area contributed by atoms with Crippen LogP contribution in [0.2, 0.25) is 0 Å². The molecule has 2 aromatic rings. The number of hydrogen-bond acceptors (Lipinski definition) is 1. The summed E-state index contributed by atoms with van der Waals surface area (Å²) >= 11 is 5.83. The maximum absolute atomic E-state index is 5.83. The second kappa shape index (κ2) is 4.10. The van der Waals surface area contributed by atoms with E-state index in [1.165, 1.54) is 31.5 Å². The number of nitrogens with zero attached hydrogens (tertiary/aromatic N) is 1. The number of benzene rings is 1. The molecule has 1 N–H and O–H groups in total. The van der Waals surface area contributed by atoms with E-state index in [0.717, 1.165) is 16.6 Å². The van der Waals surface area contributed by atoms with Gasteiger partial charge in [-0.1, -0.05) is 18.9 Å². The third kappa shape index (κ3) is 1.71. The van der Waals surface area contributed by atoms with Gasteiger partial charge in [-0.25, -0.2) is 4.98 Å². The molecule has 3 rings (SSSR count). The summed E-state index contributed by atoms with van der Waals surface area (Å²) < 4.78 is 0. The van der Waals surface area contributed by atoms with E-state index in [0.29, 0.717) is 11.8 Å². The van der Waals surface area contributed by atoms with Crippen LogP contribution in [0.5, 0.6) is 0 Å². The second-order valence-electron chi connectivity index (χ2n) is 4.59. The molecule has 3 heteroatoms. The van der Waals surface area contributed by atoms with Crippen molar-refractivity contribution in [2.45, 2.75) is 37.5 Å². The van der Waals surface area contributed by atoms with Gasteiger partial charge in [0.1, 0.15) is 5.82 Å². The topological polar surface area (TPSA) is 28.7 Å². The molecule has 0 bridgehead atoms. The SMILES string of the molecule is ClCc1ccc2nc(C3CCCC3)[nH]c2c1. The van der Waals surface area contributed by atoms with Crippen molar-refractivity contribution in [3.8, 4) is 0 Å². The number of nitrogens with one attached hydrogen (secondary N) is 1. The molecule has 1 heterocycles. The van der Waals surface area contributed by atoms with Crippen LogP contribution in [0.4, 0.5) is 0 Å². The van der Waals surface area contributed by atoms with Crippen LogP contribution in [0, 0.1) is 0 Å². The molecule has 0 radical (unpaired) electrons. The molecule has 1 aromatic heterocycles. The van der Waals surface area contributed by atoms with Gasteiger partial charge in [-0.15, -0.1) is 11.6 Å². The van der Waals surface area contributed by atoms with Crippen molar-refractivity contribution in [2.75, 3.05) is 0 Å². The van der Waals surface area contributed by atoms with Crippen LogP contribution >= 0.6 is 11.6 Å². The highest BCUT2D eigenvalue weighted by atomic mass is 35.5. The number of imidazole rings is 1. The third-order valence-electron chi connectivity index (χ3n) is 3.46. The van der Waals surface area contributed by atoms with Gasteiger partial charge in [0.25, 0.3) is 0 Å². The number of rotatable bonds is 2. The van der Waals surface area contributed by atoms with E-state index in [2.05, 4.69) is 28.2 Å². The fourth-order valence-corrected chi connectivity index (χ4v) is 2.72. The minimum Gasteiger partial charge on any atom is -0.342 e. The second-order valence-corrected chi connectivity index (χ2v) is 4.86. The predicted octanol–water partition coefficient (Wildman–Crippen LogP) is 3.96. The zero-order valence-electron chi connectivity index (χ0n) is 9.17. The molecule has 0 saturated heterocycles. The van der Waals surface area contributed by atoms with Gasteiger partial charge in [-0.2, -0.15) is 0 Å². The lowest BCUT2D eigenvalue weighted by molar-refractivity contribution is 0.681. The summed E-state index contributed by atoms with van der Waals surface area (Å²) in [6.45, 7) is 0. The molecule has 0 atom stereocenters. The van der Waals surface area contributed by atoms with E-state index in [9.17, 15) is 0 Å². The fraction of sp³-hybridized carbons (Fsp3) is 0.462. The molecule has 0 unspecified atom stereocenters. The molecule has 16 heavy (non-hydrogen) atoms. The van der Waals surface area contributed by atoms with E-state index in [4.69, 9.17) is 11.6 Å². The lowest BCUT2D eigenvalue weighted by Crippen LogP contribution is -1.93. The number of H-pyrrole nitrogens is 1. The quantitative estimate of drug-likeness (QED) is 0.783. The summed E-state index contributed by atoms with van der Waals surface area (Å²) in [5.41, 5.74) is 3.34. The van der Waals surface area contributed by atoms with E-state index in [1.807, 2.05) is 0 Å². The Morgan fingerprint density at radius 2 is 2.12 bits per heavy atom. The molecule has 1 aliphatic carbocycles. The van der Waals surface area contributed by atoms with Gasteiger partial charge in [0.05, 0.1) is 11.0 Å². The zero-order chi connectivity index (χ0) is 11.0. The average Bonchev–Trinajstić information content (AvgIpc) is 2.96. The predicted molar refractivity (Wildman–Crippen MR) is 66.9 cm³/mol. The number of alkyl halides is 1. The van der Waals surface area contributed by atoms with E-state index >= 15 is 0 Å². The summed E-state index contributed by atoms with van der Waals surface area (Å²) in [6, 6.07) is 6.21. The first-order chi connectivity index (χ1) is 7.86. The summed E-state index contributed by atoms with van der Waals surface area (Å²) in [6.07, 6.45) is 5.24. The van der Waals surface area contributed by atoms with Gasteiger partial charge in [-0.05, 0) is 30.5 Å². The van der Waals surface area contributed by atoms with Crippen LogP contribution in [0.15, 0.2) is 18.2 Å². The summed E-state index contributed by atoms with van der Waals surface area (Å²) in [5, 5.41) is 0. The minimum atomic E-state index is 0.563. The molecular weight excluding hydrogens is 220 g/mol. The Bertz CT molecular complexity index is 498. The van der Waals surface area contributed by atoms with Gasteiger partial charge in [-0.3, -0.25) is 0 Å². The minimum absolute atomic E-state index is 0.563. The first-order valence-electron chi connectivity index (χ1n) is 5.91. The van der Waals surface area contributed by atoms with Crippen molar-refractivity contribution in [3.63, 3.8) is 0 Å². The monoisotopic (exact) mass is 234 g/mol. The van der Waals surface area contributed by atoms with Crippen LogP contribution in [-0.4, -0.2) is 9.97 Å². The molecule has 84 valence electrons. The van der Waals surface area contributed by atoms with Crippen molar-refractivity contribution in [1.82, 2.24) is 9.97 Å². The first-order valence-corrected chi connectivity index (χ1v) is 6.45. The van der Waals surface area contributed by atoms with Crippen molar-refractivity contribution in [1.29, 1.82) is 0 Å². The molecule has 1 saturated carbocycles. The number of aromatic amines is 1. The number of halogens is 1. The summed E-state index contributed by atoms with van der Waals surface area (Å²) in [7, 11) is 0. The van der Waals surface area contributed by atoms with Crippen molar-refractivity contribution in [2.24, 2.45) is 0 Å². The molecule has 1 aliphatic rings. The number of hydrogen-bond donors (Lipinski definition) is 1. The van der Waals surface area contributed by atoms with Crippen molar-refractivity contribution < 1.29 is 0 Å². The normalized spacial score (nSPS) is 17.3. The highest BCUT2D eigenvalue weighted by molar-refractivity contribution is 6.17. The average molecular weight is 235 g/mol. The molecule has 1 aromatic carbocycles. The fourth-order valence-electron chi connectivity index (χ4n) is 2.55. The van der Waals surface area contributed by atoms with E-state index in [-0.39, 0.29) is 0 Å². The Labute approximate surface area is 100 Å². The van der Waals surface area contributed by atoms with E-state index in [1.54, 1.807) is 0 Å². The van der Waals surface area contributed by atoms with Gasteiger partial charge in [0.2, 0.25) is 0 Å². The van der Waals surface area contributed by atoms with Crippen molar-refractivity contribution >= 4 is 22.6 Å². The Hall–Kier alpha value is -1.02. The van der Waals surface area contributed by atoms with Crippen LogP contribution in [0.25, 0.3) is 11.0 Å². The van der Waals surface area contributed by atoms with Crippen LogP contribution in [0.1, 0.15) is 43.0 Å². The Morgan fingerprint density at radius 1 is 1.31 bits per heavy atom. The Kier molecular flexibility index (Phi) is 2.60. The Balaban J connectivity index is 2.01. The van der Waals surface area contributed by atoms with E-state index < -0.39 is 0 Å². The Morgan fingerprint density at radius 3 is 2.88 bits per heavy atom. The molecule has 0 aliphatic heterocycles. The maximum Gasteiger partial charge on any atom is 0.110 e. The third-order valence-corrected chi connectivity index (χ3v) is 3.77. The smallest absolute Gasteiger partial charge is 0.110 e. The highest BCUT2D eigenvalue weighted by Crippen LogP contribution is 2.33. The first kappa shape index (κ1) is 10.2. The molecule has 0 amide bonds. The van der Waals surface area contributed by atoms with Gasteiger partial charge in [0, 0.05) is 11.8 Å². The van der Waals surface area contributed by atoms with Crippen molar-refractivity contribution in [3.05, 3.63) is 29.6 Å². The van der Waals surface area contributed by atoms with Crippen LogP contribution in [0.3, 0.4) is 0 Å². The van der Waals surface area contributed by atoms with Gasteiger partial charge < -0.3 is 4.98 Å². The number of aromatic nitrogens is 2. The lowest BCUT2D eigenvalue weighted by Gasteiger charge is -2.02. The summed E-state index contributed by atoms with van der Waals surface area (Å²) in [5.74, 6) is 2.37.